The van der Waals surface area contributed by atoms with Gasteiger partial charge in [-0.2, -0.15) is 0 Å². The lowest BCUT2D eigenvalue weighted by atomic mass is 10.0. The van der Waals surface area contributed by atoms with Gasteiger partial charge in [-0.15, -0.1) is 0 Å². The van der Waals surface area contributed by atoms with Crippen molar-refractivity contribution in [1.82, 2.24) is 10.3 Å². The van der Waals surface area contributed by atoms with Crippen LogP contribution in [0.4, 0.5) is 0 Å². The van der Waals surface area contributed by atoms with E-state index in [1.807, 2.05) is 31.2 Å². The van der Waals surface area contributed by atoms with Gasteiger partial charge in [0.05, 0.1) is 7.11 Å². The van der Waals surface area contributed by atoms with Gasteiger partial charge in [-0.1, -0.05) is 30.3 Å². The van der Waals surface area contributed by atoms with Crippen molar-refractivity contribution in [3.63, 3.8) is 0 Å². The van der Waals surface area contributed by atoms with Crippen LogP contribution in [0.15, 0.2) is 48.7 Å². The van der Waals surface area contributed by atoms with Gasteiger partial charge in [0.2, 0.25) is 0 Å². The molecule has 0 fully saturated rings. The molecule has 1 atom stereocenters. The molecule has 1 heterocycles. The molecule has 1 amide bonds. The van der Waals surface area contributed by atoms with Gasteiger partial charge < -0.3 is 10.1 Å². The Morgan fingerprint density at radius 1 is 1.18 bits per heavy atom. The molecule has 0 aliphatic carbocycles. The number of aryl methyl sites for hydroxylation is 1. The summed E-state index contributed by atoms with van der Waals surface area (Å²) in [5.41, 5.74) is 2.31. The van der Waals surface area contributed by atoms with E-state index in [1.54, 1.807) is 18.2 Å². The van der Waals surface area contributed by atoms with Crippen LogP contribution in [0.1, 0.15) is 21.6 Å². The Kier molecular flexibility index (Phi) is 5.25. The van der Waals surface area contributed by atoms with Crippen LogP contribution >= 0.6 is 0 Å². The summed E-state index contributed by atoms with van der Waals surface area (Å²) in [5.74, 6) is -0.878. The van der Waals surface area contributed by atoms with Crippen molar-refractivity contribution < 1.29 is 14.3 Å². The normalized spacial score (nSPS) is 11.5. The fourth-order valence-corrected chi connectivity index (χ4v) is 2.12. The third-order valence-corrected chi connectivity index (χ3v) is 3.37. The summed E-state index contributed by atoms with van der Waals surface area (Å²) in [7, 11) is 1.31. The summed E-state index contributed by atoms with van der Waals surface area (Å²) >= 11 is 0. The van der Waals surface area contributed by atoms with Crippen molar-refractivity contribution >= 4 is 11.9 Å². The number of nitrogens with one attached hydrogen (secondary N) is 1. The molecule has 0 bridgehead atoms. The number of hydrogen-bond donors (Lipinski definition) is 1. The van der Waals surface area contributed by atoms with Crippen LogP contribution in [-0.4, -0.2) is 30.0 Å². The Hall–Kier alpha value is -2.69. The van der Waals surface area contributed by atoms with Gasteiger partial charge in [-0.25, -0.2) is 4.79 Å². The summed E-state index contributed by atoms with van der Waals surface area (Å²) in [6, 6.07) is 12.0. The average molecular weight is 298 g/mol. The highest BCUT2D eigenvalue weighted by atomic mass is 16.5. The second kappa shape index (κ2) is 7.36. The molecular weight excluding hydrogens is 280 g/mol. The zero-order valence-corrected chi connectivity index (χ0v) is 12.6. The van der Waals surface area contributed by atoms with E-state index >= 15 is 0 Å². The van der Waals surface area contributed by atoms with E-state index in [1.165, 1.54) is 13.3 Å². The molecule has 2 aromatic rings. The maximum atomic E-state index is 12.2. The maximum absolute atomic E-state index is 12.2. The van der Waals surface area contributed by atoms with Crippen LogP contribution in [-0.2, 0) is 16.0 Å². The van der Waals surface area contributed by atoms with Crippen molar-refractivity contribution in [2.45, 2.75) is 19.4 Å². The number of nitrogens with zero attached hydrogens (tertiary/aromatic N) is 1. The predicted molar refractivity (Wildman–Crippen MR) is 82.4 cm³/mol. The van der Waals surface area contributed by atoms with E-state index in [-0.39, 0.29) is 5.69 Å². The van der Waals surface area contributed by atoms with Gasteiger partial charge in [0.1, 0.15) is 11.7 Å². The lowest BCUT2D eigenvalue weighted by molar-refractivity contribution is -0.142. The van der Waals surface area contributed by atoms with Crippen molar-refractivity contribution in [2.75, 3.05) is 7.11 Å². The predicted octanol–water partition coefficient (Wildman–Crippen LogP) is 1.90. The van der Waals surface area contributed by atoms with Crippen LogP contribution < -0.4 is 5.32 Å². The van der Waals surface area contributed by atoms with Gasteiger partial charge in [-0.05, 0) is 30.2 Å². The topological polar surface area (TPSA) is 68.3 Å². The second-order valence-corrected chi connectivity index (χ2v) is 4.89. The molecule has 22 heavy (non-hydrogen) atoms. The Bertz CT molecular complexity index is 656. The van der Waals surface area contributed by atoms with Crippen LogP contribution in [0.2, 0.25) is 0 Å². The standard InChI is InChI=1S/C17H18N2O3/c1-12-7-3-4-8-13(12)11-15(17(21)22-2)19-16(20)14-9-5-6-10-18-14/h3-10,15H,11H2,1-2H3,(H,19,20)/t15-/m1/s1. The molecule has 0 unspecified atom stereocenters. The zero-order chi connectivity index (χ0) is 15.9. The molecule has 0 saturated heterocycles. The number of aromatic nitrogens is 1. The number of benzene rings is 1. The fraction of sp³-hybridized carbons (Fsp3) is 0.235. The first-order chi connectivity index (χ1) is 10.6. The molecular formula is C17H18N2O3. The number of ether oxygens (including phenoxy) is 1. The molecule has 5 heteroatoms. The van der Waals surface area contributed by atoms with Crippen LogP contribution in [0, 0.1) is 6.92 Å². The highest BCUT2D eigenvalue weighted by molar-refractivity contribution is 5.95. The quantitative estimate of drug-likeness (QED) is 0.856. The lowest BCUT2D eigenvalue weighted by Crippen LogP contribution is -2.43. The van der Waals surface area contributed by atoms with Crippen LogP contribution in [0.3, 0.4) is 0 Å². The molecule has 1 aromatic carbocycles. The molecule has 0 radical (unpaired) electrons. The number of methoxy groups -OCH3 is 1. The van der Waals surface area contributed by atoms with Gasteiger partial charge in [0.25, 0.3) is 5.91 Å². The number of amides is 1. The first-order valence-corrected chi connectivity index (χ1v) is 6.96. The van der Waals surface area contributed by atoms with Gasteiger partial charge in [0, 0.05) is 12.6 Å². The minimum absolute atomic E-state index is 0.265. The summed E-state index contributed by atoms with van der Waals surface area (Å²) in [6.07, 6.45) is 1.90. The second-order valence-electron chi connectivity index (χ2n) is 4.89. The minimum atomic E-state index is -0.749. The van der Waals surface area contributed by atoms with E-state index < -0.39 is 17.9 Å². The van der Waals surface area contributed by atoms with Crippen molar-refractivity contribution in [2.24, 2.45) is 0 Å². The first-order valence-electron chi connectivity index (χ1n) is 6.96. The van der Waals surface area contributed by atoms with Gasteiger partial charge in [-0.3, -0.25) is 9.78 Å². The van der Waals surface area contributed by atoms with Gasteiger partial charge >= 0.3 is 5.97 Å². The third-order valence-electron chi connectivity index (χ3n) is 3.37. The van der Waals surface area contributed by atoms with E-state index in [2.05, 4.69) is 10.3 Å². The largest absolute Gasteiger partial charge is 0.467 e. The SMILES string of the molecule is COC(=O)[C@@H](Cc1ccccc1C)NC(=O)c1ccccn1. The Balaban J connectivity index is 2.15. The average Bonchev–Trinajstić information content (AvgIpc) is 2.56. The Morgan fingerprint density at radius 3 is 2.55 bits per heavy atom. The van der Waals surface area contributed by atoms with E-state index in [4.69, 9.17) is 4.74 Å². The molecule has 1 N–H and O–H groups in total. The molecule has 0 aliphatic heterocycles. The number of esters is 1. The highest BCUT2D eigenvalue weighted by Gasteiger charge is 2.23. The Labute approximate surface area is 129 Å². The third kappa shape index (κ3) is 3.91. The molecule has 0 aliphatic rings. The van der Waals surface area contributed by atoms with Crippen LogP contribution in [0.25, 0.3) is 0 Å². The number of carbonyl (C=O) groups is 2. The monoisotopic (exact) mass is 298 g/mol. The summed E-state index contributed by atoms with van der Waals surface area (Å²) in [6.45, 7) is 1.96. The van der Waals surface area contributed by atoms with Crippen LogP contribution in [0.5, 0.6) is 0 Å². The number of pyridine rings is 1. The number of rotatable bonds is 5. The van der Waals surface area contributed by atoms with Crippen molar-refractivity contribution in [3.8, 4) is 0 Å². The number of carbonyl (C=O) groups excluding carboxylic acids is 2. The lowest BCUT2D eigenvalue weighted by Gasteiger charge is -2.17. The van der Waals surface area contributed by atoms with Gasteiger partial charge in [0.15, 0.2) is 0 Å². The summed E-state index contributed by atoms with van der Waals surface area (Å²) in [5, 5.41) is 2.68. The maximum Gasteiger partial charge on any atom is 0.328 e. The summed E-state index contributed by atoms with van der Waals surface area (Å²) in [4.78, 5) is 28.1. The molecule has 0 saturated carbocycles. The molecule has 114 valence electrons. The minimum Gasteiger partial charge on any atom is -0.467 e. The van der Waals surface area contributed by atoms with Crippen molar-refractivity contribution in [1.29, 1.82) is 0 Å². The van der Waals surface area contributed by atoms with Crippen molar-refractivity contribution in [3.05, 3.63) is 65.5 Å². The molecule has 0 spiro atoms. The smallest absolute Gasteiger partial charge is 0.328 e. The van der Waals surface area contributed by atoms with E-state index in [0.717, 1.165) is 11.1 Å². The number of hydrogen-bond acceptors (Lipinski definition) is 4. The highest BCUT2D eigenvalue weighted by Crippen LogP contribution is 2.11. The molecule has 2 rings (SSSR count). The Morgan fingerprint density at radius 2 is 1.91 bits per heavy atom. The first kappa shape index (κ1) is 15.7. The van der Waals surface area contributed by atoms with E-state index in [0.29, 0.717) is 6.42 Å². The zero-order valence-electron chi connectivity index (χ0n) is 12.6. The molecule has 1 aromatic heterocycles. The van der Waals surface area contributed by atoms with E-state index in [9.17, 15) is 9.59 Å². The fourth-order valence-electron chi connectivity index (χ4n) is 2.12. The molecule has 5 nitrogen and oxygen atoms in total. The summed E-state index contributed by atoms with van der Waals surface area (Å²) < 4.78 is 4.79.